The van der Waals surface area contributed by atoms with E-state index in [1.807, 2.05) is 0 Å². The Balaban J connectivity index is 2.64. The number of esters is 1. The summed E-state index contributed by atoms with van der Waals surface area (Å²) < 4.78 is 4.72. The molecule has 0 radical (unpaired) electrons. The van der Waals surface area contributed by atoms with E-state index in [0.29, 0.717) is 18.0 Å². The van der Waals surface area contributed by atoms with Crippen molar-refractivity contribution < 1.29 is 19.4 Å². The molecule has 1 aromatic rings. The Morgan fingerprint density at radius 2 is 2.00 bits per heavy atom. The van der Waals surface area contributed by atoms with Crippen LogP contribution < -0.4 is 5.32 Å². The number of hydrogen-bond acceptors (Lipinski definition) is 4. The Morgan fingerprint density at radius 1 is 1.37 bits per heavy atom. The predicted molar refractivity (Wildman–Crippen MR) is 71.1 cm³/mol. The number of carbonyl (C=O) groups is 2. The summed E-state index contributed by atoms with van der Waals surface area (Å²) in [6.07, 6.45) is 0.498. The molecule has 2 N–H and O–H groups in total. The van der Waals surface area contributed by atoms with Crippen LogP contribution in [0.1, 0.15) is 24.4 Å². The quantitative estimate of drug-likeness (QED) is 0.592. The van der Waals surface area contributed by atoms with E-state index >= 15 is 0 Å². The highest BCUT2D eigenvalue weighted by molar-refractivity contribution is 6.30. The normalized spacial score (nSPS) is 11.9. The van der Waals surface area contributed by atoms with Crippen LogP contribution in [-0.2, 0) is 14.3 Å². The molecule has 1 aromatic carbocycles. The second-order valence-electron chi connectivity index (χ2n) is 3.96. The first-order valence-corrected chi connectivity index (χ1v) is 6.21. The van der Waals surface area contributed by atoms with E-state index in [1.165, 1.54) is 7.11 Å². The average Bonchev–Trinajstić information content (AvgIpc) is 2.39. The topological polar surface area (TPSA) is 75.6 Å². The lowest BCUT2D eigenvalue weighted by Crippen LogP contribution is -2.30. The highest BCUT2D eigenvalue weighted by atomic mass is 35.5. The summed E-state index contributed by atoms with van der Waals surface area (Å²) in [7, 11) is 1.31. The Morgan fingerprint density at radius 3 is 2.53 bits per heavy atom. The lowest BCUT2D eigenvalue weighted by Gasteiger charge is -2.16. The zero-order chi connectivity index (χ0) is 14.3. The van der Waals surface area contributed by atoms with E-state index in [4.69, 9.17) is 21.4 Å². The SMILES string of the molecule is COC(=O)C(NCCCC(=O)O)c1ccc(Cl)cc1. The molecule has 0 spiro atoms. The molecule has 1 unspecified atom stereocenters. The summed E-state index contributed by atoms with van der Waals surface area (Å²) in [4.78, 5) is 22.1. The van der Waals surface area contributed by atoms with Crippen molar-refractivity contribution in [2.24, 2.45) is 0 Å². The molecule has 0 aromatic heterocycles. The van der Waals surface area contributed by atoms with Gasteiger partial charge in [-0.1, -0.05) is 23.7 Å². The van der Waals surface area contributed by atoms with Gasteiger partial charge in [-0.25, -0.2) is 4.79 Å². The number of carboxylic acid groups (broad SMARTS) is 1. The maximum absolute atomic E-state index is 11.7. The molecule has 1 atom stereocenters. The van der Waals surface area contributed by atoms with Gasteiger partial charge in [-0.15, -0.1) is 0 Å². The highest BCUT2D eigenvalue weighted by Gasteiger charge is 2.20. The van der Waals surface area contributed by atoms with Crippen molar-refractivity contribution in [1.29, 1.82) is 0 Å². The minimum absolute atomic E-state index is 0.0571. The van der Waals surface area contributed by atoms with Crippen LogP contribution in [0.4, 0.5) is 0 Å². The van der Waals surface area contributed by atoms with Crippen molar-refractivity contribution in [3.63, 3.8) is 0 Å². The van der Waals surface area contributed by atoms with Crippen LogP contribution in [0.2, 0.25) is 5.02 Å². The Kier molecular flexibility index (Phi) is 6.32. The van der Waals surface area contributed by atoms with Crippen LogP contribution in [0, 0.1) is 0 Å². The second kappa shape index (κ2) is 7.76. The van der Waals surface area contributed by atoms with E-state index in [9.17, 15) is 9.59 Å². The van der Waals surface area contributed by atoms with E-state index in [2.05, 4.69) is 5.32 Å². The van der Waals surface area contributed by atoms with Gasteiger partial charge in [0, 0.05) is 11.4 Å². The van der Waals surface area contributed by atoms with Crippen LogP contribution in [0.15, 0.2) is 24.3 Å². The van der Waals surface area contributed by atoms with Crippen molar-refractivity contribution in [3.8, 4) is 0 Å². The van der Waals surface area contributed by atoms with Gasteiger partial charge in [-0.2, -0.15) is 0 Å². The third-order valence-corrected chi connectivity index (χ3v) is 2.81. The average molecular weight is 286 g/mol. The summed E-state index contributed by atoms with van der Waals surface area (Å²) in [5.41, 5.74) is 0.728. The molecule has 0 bridgehead atoms. The number of nitrogens with one attached hydrogen (secondary N) is 1. The molecule has 0 saturated carbocycles. The van der Waals surface area contributed by atoms with Gasteiger partial charge in [0.05, 0.1) is 7.11 Å². The summed E-state index contributed by atoms with van der Waals surface area (Å²) in [6, 6.07) is 6.22. The third kappa shape index (κ3) is 5.28. The highest BCUT2D eigenvalue weighted by Crippen LogP contribution is 2.17. The standard InChI is InChI=1S/C13H16ClNO4/c1-19-13(18)12(15-8-2-3-11(16)17)9-4-6-10(14)7-5-9/h4-7,12,15H,2-3,8H2,1H3,(H,16,17). The van der Waals surface area contributed by atoms with Gasteiger partial charge in [0.25, 0.3) is 0 Å². The molecular formula is C13H16ClNO4. The molecular weight excluding hydrogens is 270 g/mol. The number of carbonyl (C=O) groups excluding carboxylic acids is 1. The number of aliphatic carboxylic acids is 1. The maximum atomic E-state index is 11.7. The minimum atomic E-state index is -0.858. The summed E-state index contributed by atoms with van der Waals surface area (Å²) >= 11 is 5.79. The lowest BCUT2D eigenvalue weighted by atomic mass is 10.1. The number of ether oxygens (including phenoxy) is 1. The van der Waals surface area contributed by atoms with E-state index in [-0.39, 0.29) is 6.42 Å². The van der Waals surface area contributed by atoms with Gasteiger partial charge in [-0.3, -0.25) is 4.79 Å². The predicted octanol–water partition coefficient (Wildman–Crippen LogP) is 2.01. The lowest BCUT2D eigenvalue weighted by molar-refractivity contribution is -0.143. The number of methoxy groups -OCH3 is 1. The molecule has 0 fully saturated rings. The van der Waals surface area contributed by atoms with Gasteiger partial charge < -0.3 is 15.2 Å². The van der Waals surface area contributed by atoms with Gasteiger partial charge in [0.15, 0.2) is 0 Å². The van der Waals surface area contributed by atoms with Crippen molar-refractivity contribution >= 4 is 23.5 Å². The fraction of sp³-hybridized carbons (Fsp3) is 0.385. The number of halogens is 1. The first-order valence-electron chi connectivity index (χ1n) is 5.83. The summed E-state index contributed by atoms with van der Waals surface area (Å²) in [5, 5.41) is 12.1. The third-order valence-electron chi connectivity index (χ3n) is 2.56. The smallest absolute Gasteiger partial charge is 0.327 e. The molecule has 0 saturated heterocycles. The van der Waals surface area contributed by atoms with Crippen LogP contribution >= 0.6 is 11.6 Å². The molecule has 6 heteroatoms. The molecule has 0 amide bonds. The van der Waals surface area contributed by atoms with Crippen LogP contribution in [0.3, 0.4) is 0 Å². The first kappa shape index (κ1) is 15.5. The number of rotatable bonds is 7. The van der Waals surface area contributed by atoms with Crippen molar-refractivity contribution in [1.82, 2.24) is 5.32 Å². The Hall–Kier alpha value is -1.59. The number of hydrogen-bond donors (Lipinski definition) is 2. The van der Waals surface area contributed by atoms with Crippen LogP contribution in [0.5, 0.6) is 0 Å². The minimum Gasteiger partial charge on any atom is -0.481 e. The zero-order valence-electron chi connectivity index (χ0n) is 10.6. The van der Waals surface area contributed by atoms with Gasteiger partial charge in [0.2, 0.25) is 0 Å². The van der Waals surface area contributed by atoms with E-state index in [1.54, 1.807) is 24.3 Å². The van der Waals surface area contributed by atoms with Gasteiger partial charge >= 0.3 is 11.9 Å². The van der Waals surface area contributed by atoms with Gasteiger partial charge in [0.1, 0.15) is 6.04 Å². The summed E-state index contributed by atoms with van der Waals surface area (Å²) in [5.74, 6) is -1.28. The molecule has 0 aliphatic carbocycles. The molecule has 0 aliphatic heterocycles. The molecule has 1 rings (SSSR count). The fourth-order valence-corrected chi connectivity index (χ4v) is 1.72. The molecule has 19 heavy (non-hydrogen) atoms. The molecule has 0 heterocycles. The van der Waals surface area contributed by atoms with Crippen LogP contribution in [-0.4, -0.2) is 30.7 Å². The summed E-state index contributed by atoms with van der Waals surface area (Å²) in [6.45, 7) is 0.411. The Labute approximate surface area is 116 Å². The Bertz CT molecular complexity index is 433. The monoisotopic (exact) mass is 285 g/mol. The molecule has 0 aliphatic rings. The number of carboxylic acids is 1. The second-order valence-corrected chi connectivity index (χ2v) is 4.40. The number of benzene rings is 1. The van der Waals surface area contributed by atoms with E-state index in [0.717, 1.165) is 5.56 Å². The first-order chi connectivity index (χ1) is 9.04. The molecule has 5 nitrogen and oxygen atoms in total. The van der Waals surface area contributed by atoms with Gasteiger partial charge in [-0.05, 0) is 30.7 Å². The van der Waals surface area contributed by atoms with Crippen molar-refractivity contribution in [3.05, 3.63) is 34.9 Å². The fourth-order valence-electron chi connectivity index (χ4n) is 1.60. The zero-order valence-corrected chi connectivity index (χ0v) is 11.3. The maximum Gasteiger partial charge on any atom is 0.327 e. The van der Waals surface area contributed by atoms with E-state index < -0.39 is 18.0 Å². The largest absolute Gasteiger partial charge is 0.481 e. The molecule has 104 valence electrons. The van der Waals surface area contributed by atoms with Crippen molar-refractivity contribution in [2.45, 2.75) is 18.9 Å². The van der Waals surface area contributed by atoms with Crippen molar-refractivity contribution in [2.75, 3.05) is 13.7 Å². The van der Waals surface area contributed by atoms with Crippen LogP contribution in [0.25, 0.3) is 0 Å².